The number of hydrogen-bond acceptors (Lipinski definition) is 2. The molecule has 0 aliphatic carbocycles. The topological polar surface area (TPSA) is 77.2 Å². The Morgan fingerprint density at radius 2 is 2.00 bits per heavy atom. The molecule has 0 radical (unpaired) electrons. The van der Waals surface area contributed by atoms with Crippen LogP contribution < -0.4 is 5.56 Å². The van der Waals surface area contributed by atoms with Crippen LogP contribution in [0, 0.1) is 0 Å². The minimum absolute atomic E-state index is 0. The molecular formula is C4H8Cl2N2O2. The highest BCUT2D eigenvalue weighted by Gasteiger charge is 1.70. The molecule has 0 bridgehead atoms. The largest absolute Gasteiger partial charge is 0.412 e. The number of H-pyrrole nitrogens is 1. The van der Waals surface area contributed by atoms with Crippen molar-refractivity contribution < 1.29 is 5.48 Å². The van der Waals surface area contributed by atoms with Crippen LogP contribution in [0.2, 0.25) is 0 Å². The Hall–Kier alpha value is -0.580. The average molecular weight is 187 g/mol. The van der Waals surface area contributed by atoms with Crippen LogP contribution in [0.15, 0.2) is 23.4 Å². The fourth-order valence-corrected chi connectivity index (χ4v) is 0.303. The molecule has 0 aliphatic rings. The van der Waals surface area contributed by atoms with Crippen molar-refractivity contribution in [1.82, 2.24) is 9.97 Å². The Balaban J connectivity index is -0.000000163. The monoisotopic (exact) mass is 186 g/mol. The van der Waals surface area contributed by atoms with Crippen molar-refractivity contribution in [3.05, 3.63) is 28.9 Å². The lowest BCUT2D eigenvalue weighted by Crippen LogP contribution is -2.00. The van der Waals surface area contributed by atoms with E-state index in [1.807, 2.05) is 0 Å². The van der Waals surface area contributed by atoms with E-state index in [0.29, 0.717) is 0 Å². The fraction of sp³-hybridized carbons (Fsp3) is 0. The molecule has 10 heavy (non-hydrogen) atoms. The number of nitrogens with zero attached hydrogens (tertiary/aromatic N) is 1. The average Bonchev–Trinajstić information content (AvgIpc) is 1.69. The number of nitrogens with one attached hydrogen (secondary N) is 1. The van der Waals surface area contributed by atoms with E-state index in [1.165, 1.54) is 18.6 Å². The first-order valence-electron chi connectivity index (χ1n) is 1.88. The Bertz CT molecular complexity index is 185. The summed E-state index contributed by atoms with van der Waals surface area (Å²) < 4.78 is 0. The van der Waals surface area contributed by atoms with E-state index in [1.54, 1.807) is 0 Å². The molecule has 0 aliphatic heterocycles. The van der Waals surface area contributed by atoms with E-state index in [4.69, 9.17) is 0 Å². The highest BCUT2D eigenvalue weighted by molar-refractivity contribution is 5.85. The van der Waals surface area contributed by atoms with Gasteiger partial charge in [-0.25, -0.2) is 4.98 Å². The maximum Gasteiger partial charge on any atom is 0.250 e. The standard InChI is InChI=1S/C4H4N2O.2ClH.H2O/c7-4-1-2-5-3-6-4;;;/h1-3H,(H,5,6,7);2*1H;1H2. The summed E-state index contributed by atoms with van der Waals surface area (Å²) in [6.45, 7) is 0. The number of aromatic amines is 1. The third kappa shape index (κ3) is 5.55. The first-order chi connectivity index (χ1) is 3.39. The lowest BCUT2D eigenvalue weighted by Gasteiger charge is -1.73. The molecule has 0 saturated carbocycles. The van der Waals surface area contributed by atoms with Gasteiger partial charge in [0.2, 0.25) is 0 Å². The first-order valence-corrected chi connectivity index (χ1v) is 1.88. The summed E-state index contributed by atoms with van der Waals surface area (Å²) in [5, 5.41) is 0. The van der Waals surface area contributed by atoms with Crippen molar-refractivity contribution in [2.24, 2.45) is 0 Å². The lowest BCUT2D eigenvalue weighted by atomic mass is 10.7. The lowest BCUT2D eigenvalue weighted by molar-refractivity contribution is 0.824. The predicted octanol–water partition coefficient (Wildman–Crippen LogP) is -0.211. The molecule has 6 heteroatoms. The zero-order valence-corrected chi connectivity index (χ0v) is 6.54. The number of aromatic nitrogens is 2. The second-order valence-electron chi connectivity index (χ2n) is 1.10. The van der Waals surface area contributed by atoms with Crippen molar-refractivity contribution in [2.75, 3.05) is 0 Å². The van der Waals surface area contributed by atoms with E-state index in [9.17, 15) is 4.79 Å². The summed E-state index contributed by atoms with van der Waals surface area (Å²) in [6, 6.07) is 1.36. The maximum atomic E-state index is 10.2. The smallest absolute Gasteiger partial charge is 0.250 e. The van der Waals surface area contributed by atoms with Crippen molar-refractivity contribution in [3.8, 4) is 0 Å². The third-order valence-corrected chi connectivity index (χ3v) is 0.593. The van der Waals surface area contributed by atoms with Crippen molar-refractivity contribution in [1.29, 1.82) is 0 Å². The maximum absolute atomic E-state index is 10.2. The molecule has 0 fully saturated rings. The quantitative estimate of drug-likeness (QED) is 0.609. The van der Waals surface area contributed by atoms with E-state index in [-0.39, 0.29) is 35.8 Å². The van der Waals surface area contributed by atoms with Gasteiger partial charge >= 0.3 is 0 Å². The van der Waals surface area contributed by atoms with Crippen molar-refractivity contribution >= 4 is 24.8 Å². The Labute approximate surface area is 69.8 Å². The summed E-state index contributed by atoms with van der Waals surface area (Å²) in [5.41, 5.74) is -0.116. The van der Waals surface area contributed by atoms with Crippen molar-refractivity contribution in [3.63, 3.8) is 0 Å². The Morgan fingerprint density at radius 1 is 1.40 bits per heavy atom. The second kappa shape index (κ2) is 8.42. The number of rotatable bonds is 0. The van der Waals surface area contributed by atoms with E-state index in [2.05, 4.69) is 9.97 Å². The molecule has 1 heterocycles. The Kier molecular flexibility index (Phi) is 13.6. The highest BCUT2D eigenvalue weighted by Crippen LogP contribution is 1.57. The SMILES string of the molecule is Cl.Cl.O.O=c1ccnc[nH]1. The van der Waals surface area contributed by atoms with Gasteiger partial charge in [0.05, 0.1) is 6.33 Å². The van der Waals surface area contributed by atoms with Crippen LogP contribution in [0.5, 0.6) is 0 Å². The molecule has 1 aromatic heterocycles. The molecule has 0 atom stereocenters. The van der Waals surface area contributed by atoms with Gasteiger partial charge < -0.3 is 10.5 Å². The van der Waals surface area contributed by atoms with Crippen LogP contribution in [0.25, 0.3) is 0 Å². The molecule has 60 valence electrons. The summed E-state index contributed by atoms with van der Waals surface area (Å²) in [6.07, 6.45) is 2.79. The summed E-state index contributed by atoms with van der Waals surface area (Å²) in [5.74, 6) is 0. The van der Waals surface area contributed by atoms with Gasteiger partial charge in [0.1, 0.15) is 0 Å². The minimum atomic E-state index is -0.116. The molecule has 1 aromatic rings. The predicted molar refractivity (Wildman–Crippen MR) is 43.0 cm³/mol. The molecule has 0 amide bonds. The molecule has 0 unspecified atom stereocenters. The second-order valence-corrected chi connectivity index (χ2v) is 1.10. The highest BCUT2D eigenvalue weighted by atomic mass is 35.5. The minimum Gasteiger partial charge on any atom is -0.412 e. The summed E-state index contributed by atoms with van der Waals surface area (Å²) >= 11 is 0. The zero-order chi connectivity index (χ0) is 5.11. The molecule has 0 spiro atoms. The fourth-order valence-electron chi connectivity index (χ4n) is 0.303. The number of halogens is 2. The van der Waals surface area contributed by atoms with Gasteiger partial charge in [-0.2, -0.15) is 0 Å². The van der Waals surface area contributed by atoms with Crippen LogP contribution in [0.1, 0.15) is 0 Å². The van der Waals surface area contributed by atoms with Crippen LogP contribution in [-0.2, 0) is 0 Å². The molecule has 3 N–H and O–H groups in total. The van der Waals surface area contributed by atoms with Gasteiger partial charge in [0.15, 0.2) is 0 Å². The van der Waals surface area contributed by atoms with Gasteiger partial charge in [-0.15, -0.1) is 24.8 Å². The summed E-state index contributed by atoms with van der Waals surface area (Å²) in [7, 11) is 0. The molecule has 1 rings (SSSR count). The van der Waals surface area contributed by atoms with Gasteiger partial charge in [-0.05, 0) is 0 Å². The zero-order valence-electron chi connectivity index (χ0n) is 4.90. The molecular weight excluding hydrogens is 179 g/mol. The van der Waals surface area contributed by atoms with Gasteiger partial charge in [0.25, 0.3) is 5.56 Å². The van der Waals surface area contributed by atoms with E-state index < -0.39 is 0 Å². The van der Waals surface area contributed by atoms with Crippen LogP contribution >= 0.6 is 24.8 Å². The third-order valence-electron chi connectivity index (χ3n) is 0.593. The molecule has 0 aromatic carbocycles. The molecule has 4 nitrogen and oxygen atoms in total. The van der Waals surface area contributed by atoms with Crippen LogP contribution in [-0.4, -0.2) is 15.4 Å². The van der Waals surface area contributed by atoms with E-state index in [0.717, 1.165) is 0 Å². The van der Waals surface area contributed by atoms with Crippen LogP contribution in [0.4, 0.5) is 0 Å². The normalized spacial score (nSPS) is 6.00. The van der Waals surface area contributed by atoms with E-state index >= 15 is 0 Å². The van der Waals surface area contributed by atoms with Gasteiger partial charge in [-0.1, -0.05) is 0 Å². The number of hydrogen-bond donors (Lipinski definition) is 1. The van der Waals surface area contributed by atoms with Crippen LogP contribution in [0.3, 0.4) is 0 Å². The van der Waals surface area contributed by atoms with Gasteiger partial charge in [-0.3, -0.25) is 4.79 Å². The van der Waals surface area contributed by atoms with Crippen molar-refractivity contribution in [2.45, 2.75) is 0 Å². The molecule has 0 saturated heterocycles. The van der Waals surface area contributed by atoms with Gasteiger partial charge in [0, 0.05) is 12.3 Å². The Morgan fingerprint density at radius 3 is 2.20 bits per heavy atom. The summed E-state index contributed by atoms with van der Waals surface area (Å²) in [4.78, 5) is 16.1. The first kappa shape index (κ1) is 16.2.